The molecule has 5 heteroatoms. The first-order chi connectivity index (χ1) is 11.0. The number of benzene rings is 1. The summed E-state index contributed by atoms with van der Waals surface area (Å²) in [5.74, 6) is 0.591. The SMILES string of the molecule is CO[C@H]1OC(c2ccc(C(C)(C)C)cc2)=N/C1=C/c1cncs1. The Morgan fingerprint density at radius 3 is 2.52 bits per heavy atom. The molecule has 0 amide bonds. The molecule has 1 aliphatic heterocycles. The molecule has 1 aromatic carbocycles. The van der Waals surface area contributed by atoms with Crippen LogP contribution in [0.25, 0.3) is 6.08 Å². The van der Waals surface area contributed by atoms with E-state index in [4.69, 9.17) is 9.47 Å². The fourth-order valence-electron chi connectivity index (χ4n) is 2.32. The number of thiazole rings is 1. The highest BCUT2D eigenvalue weighted by Gasteiger charge is 2.26. The van der Waals surface area contributed by atoms with E-state index < -0.39 is 6.29 Å². The molecule has 0 aliphatic carbocycles. The van der Waals surface area contributed by atoms with Crippen LogP contribution in [0.5, 0.6) is 0 Å². The van der Waals surface area contributed by atoms with Gasteiger partial charge in [-0.15, -0.1) is 11.3 Å². The third-order valence-corrected chi connectivity index (χ3v) is 4.37. The first-order valence-corrected chi connectivity index (χ1v) is 8.34. The van der Waals surface area contributed by atoms with Crippen molar-refractivity contribution in [3.8, 4) is 0 Å². The summed E-state index contributed by atoms with van der Waals surface area (Å²) in [7, 11) is 1.62. The normalized spacial score (nSPS) is 19.7. The molecule has 120 valence electrons. The van der Waals surface area contributed by atoms with E-state index in [1.165, 1.54) is 5.56 Å². The second-order valence-electron chi connectivity index (χ2n) is 6.40. The Labute approximate surface area is 140 Å². The van der Waals surface area contributed by atoms with Gasteiger partial charge in [-0.1, -0.05) is 32.9 Å². The zero-order chi connectivity index (χ0) is 16.4. The molecule has 0 saturated heterocycles. The predicted octanol–water partition coefficient (Wildman–Crippen LogP) is 4.23. The number of hydrogen-bond acceptors (Lipinski definition) is 5. The number of methoxy groups -OCH3 is 1. The minimum atomic E-state index is -0.477. The lowest BCUT2D eigenvalue weighted by atomic mass is 9.87. The number of hydrogen-bond donors (Lipinski definition) is 0. The molecule has 2 heterocycles. The van der Waals surface area contributed by atoms with Crippen molar-refractivity contribution in [2.75, 3.05) is 7.11 Å². The number of nitrogens with zero attached hydrogens (tertiary/aromatic N) is 2. The number of rotatable bonds is 3. The third kappa shape index (κ3) is 3.51. The standard InChI is InChI=1S/C18H20N2O2S/c1-18(2,3)13-7-5-12(6-8-13)16-20-15(17(21-4)22-16)9-14-10-19-11-23-14/h5-11,17H,1-4H3/b15-9+/t17-/m0/s1. The highest BCUT2D eigenvalue weighted by atomic mass is 32.1. The van der Waals surface area contributed by atoms with Gasteiger partial charge in [-0.25, -0.2) is 4.99 Å². The van der Waals surface area contributed by atoms with Crippen LogP contribution in [0, 0.1) is 0 Å². The van der Waals surface area contributed by atoms with E-state index in [2.05, 4.69) is 42.9 Å². The highest BCUT2D eigenvalue weighted by Crippen LogP contribution is 2.27. The minimum absolute atomic E-state index is 0.128. The predicted molar refractivity (Wildman–Crippen MR) is 93.7 cm³/mol. The molecular formula is C18H20N2O2S. The third-order valence-electron chi connectivity index (χ3n) is 3.64. The van der Waals surface area contributed by atoms with Crippen molar-refractivity contribution in [1.29, 1.82) is 0 Å². The maximum absolute atomic E-state index is 5.83. The van der Waals surface area contributed by atoms with Crippen LogP contribution in [-0.4, -0.2) is 24.3 Å². The average molecular weight is 328 g/mol. The quantitative estimate of drug-likeness (QED) is 0.847. The lowest BCUT2D eigenvalue weighted by molar-refractivity contribution is -0.0223. The number of aliphatic imine (C=N–C) groups is 1. The van der Waals surface area contributed by atoms with Crippen molar-refractivity contribution in [2.45, 2.75) is 32.5 Å². The molecule has 23 heavy (non-hydrogen) atoms. The Bertz CT molecular complexity index is 725. The van der Waals surface area contributed by atoms with E-state index in [1.807, 2.05) is 18.2 Å². The van der Waals surface area contributed by atoms with E-state index in [0.717, 1.165) is 16.1 Å². The Balaban J connectivity index is 1.88. The van der Waals surface area contributed by atoms with Crippen LogP contribution in [0.4, 0.5) is 0 Å². The first kappa shape index (κ1) is 15.9. The smallest absolute Gasteiger partial charge is 0.245 e. The maximum atomic E-state index is 5.83. The molecule has 0 N–H and O–H groups in total. The zero-order valence-electron chi connectivity index (χ0n) is 13.7. The van der Waals surface area contributed by atoms with Crippen molar-refractivity contribution < 1.29 is 9.47 Å². The molecule has 2 aromatic rings. The van der Waals surface area contributed by atoms with Gasteiger partial charge in [-0.05, 0) is 29.2 Å². The van der Waals surface area contributed by atoms with Crippen molar-refractivity contribution >= 4 is 23.3 Å². The van der Waals surface area contributed by atoms with E-state index in [0.29, 0.717) is 5.90 Å². The highest BCUT2D eigenvalue weighted by molar-refractivity contribution is 7.10. The molecule has 4 nitrogen and oxygen atoms in total. The summed E-state index contributed by atoms with van der Waals surface area (Å²) in [6, 6.07) is 8.32. The summed E-state index contributed by atoms with van der Waals surface area (Å²) < 4.78 is 11.2. The van der Waals surface area contributed by atoms with Gasteiger partial charge in [0.15, 0.2) is 0 Å². The van der Waals surface area contributed by atoms with Crippen molar-refractivity contribution in [1.82, 2.24) is 4.98 Å². The lowest BCUT2D eigenvalue weighted by Crippen LogP contribution is -2.15. The molecule has 0 radical (unpaired) electrons. The molecule has 0 saturated carbocycles. The van der Waals surface area contributed by atoms with Gasteiger partial charge < -0.3 is 9.47 Å². The summed E-state index contributed by atoms with van der Waals surface area (Å²) in [5.41, 5.74) is 4.91. The topological polar surface area (TPSA) is 43.7 Å². The van der Waals surface area contributed by atoms with Crippen molar-refractivity contribution in [3.63, 3.8) is 0 Å². The molecule has 1 aliphatic rings. The molecule has 0 unspecified atom stereocenters. The molecule has 0 bridgehead atoms. The van der Waals surface area contributed by atoms with Crippen LogP contribution in [0.1, 0.15) is 36.8 Å². The summed E-state index contributed by atoms with van der Waals surface area (Å²) in [6.07, 6.45) is 3.27. The van der Waals surface area contributed by atoms with Crippen LogP contribution in [0.2, 0.25) is 0 Å². The molecule has 0 spiro atoms. The Hall–Kier alpha value is -1.98. The fourth-order valence-corrected chi connectivity index (χ4v) is 2.87. The zero-order valence-corrected chi connectivity index (χ0v) is 14.6. The molecule has 3 rings (SSSR count). The largest absolute Gasteiger partial charge is 0.441 e. The van der Waals surface area contributed by atoms with E-state index in [9.17, 15) is 0 Å². The first-order valence-electron chi connectivity index (χ1n) is 7.46. The second kappa shape index (κ2) is 6.26. The molecule has 0 fully saturated rings. The van der Waals surface area contributed by atoms with Gasteiger partial charge >= 0.3 is 0 Å². The Morgan fingerprint density at radius 2 is 1.96 bits per heavy atom. The van der Waals surface area contributed by atoms with Crippen LogP contribution in [0.15, 0.2) is 46.7 Å². The molecule has 1 atom stereocenters. The minimum Gasteiger partial charge on any atom is -0.441 e. The van der Waals surface area contributed by atoms with E-state index in [1.54, 1.807) is 30.2 Å². The molecule has 1 aromatic heterocycles. The Morgan fingerprint density at radius 1 is 1.22 bits per heavy atom. The number of aromatic nitrogens is 1. The number of ether oxygens (including phenoxy) is 2. The van der Waals surface area contributed by atoms with E-state index in [-0.39, 0.29) is 5.41 Å². The summed E-state index contributed by atoms with van der Waals surface area (Å²) >= 11 is 1.56. The van der Waals surface area contributed by atoms with Crippen molar-refractivity contribution in [3.05, 3.63) is 57.7 Å². The van der Waals surface area contributed by atoms with Gasteiger partial charge in [0.05, 0.1) is 5.51 Å². The van der Waals surface area contributed by atoms with Crippen LogP contribution < -0.4 is 0 Å². The molecular weight excluding hydrogens is 308 g/mol. The van der Waals surface area contributed by atoms with Gasteiger partial charge in [0.1, 0.15) is 5.70 Å². The second-order valence-corrected chi connectivity index (χ2v) is 7.32. The summed E-state index contributed by atoms with van der Waals surface area (Å²) in [4.78, 5) is 9.68. The maximum Gasteiger partial charge on any atom is 0.245 e. The van der Waals surface area contributed by atoms with E-state index >= 15 is 0 Å². The van der Waals surface area contributed by atoms with Crippen molar-refractivity contribution in [2.24, 2.45) is 4.99 Å². The van der Waals surface area contributed by atoms with Crippen LogP contribution in [-0.2, 0) is 14.9 Å². The lowest BCUT2D eigenvalue weighted by Gasteiger charge is -2.19. The summed E-state index contributed by atoms with van der Waals surface area (Å²) in [6.45, 7) is 6.59. The van der Waals surface area contributed by atoms with Gasteiger partial charge in [-0.2, -0.15) is 0 Å². The monoisotopic (exact) mass is 328 g/mol. The van der Waals surface area contributed by atoms with Crippen LogP contribution >= 0.6 is 11.3 Å². The van der Waals surface area contributed by atoms with Gasteiger partial charge in [0, 0.05) is 23.7 Å². The van der Waals surface area contributed by atoms with Gasteiger partial charge in [-0.3, -0.25) is 4.98 Å². The van der Waals surface area contributed by atoms with Gasteiger partial charge in [0.2, 0.25) is 12.2 Å². The van der Waals surface area contributed by atoms with Gasteiger partial charge in [0.25, 0.3) is 0 Å². The fraction of sp³-hybridized carbons (Fsp3) is 0.333. The average Bonchev–Trinajstić information content (AvgIpc) is 3.16. The summed E-state index contributed by atoms with van der Waals surface area (Å²) in [5, 5.41) is 0. The van der Waals surface area contributed by atoms with Crippen LogP contribution in [0.3, 0.4) is 0 Å². The Kier molecular flexibility index (Phi) is 4.33.